The number of hydrogen-bond acceptors (Lipinski definition) is 4. The molecular weight excluding hydrogens is 208 g/mol. The first kappa shape index (κ1) is 12.9. The van der Waals surface area contributed by atoms with Gasteiger partial charge in [0.2, 0.25) is 11.8 Å². The second-order valence-electron chi connectivity index (χ2n) is 4.08. The third-order valence-corrected chi connectivity index (χ3v) is 2.71. The van der Waals surface area contributed by atoms with Crippen LogP contribution in [-0.2, 0) is 9.59 Å². The highest BCUT2D eigenvalue weighted by molar-refractivity contribution is 5.80. The van der Waals surface area contributed by atoms with Gasteiger partial charge in [-0.15, -0.1) is 0 Å². The van der Waals surface area contributed by atoms with E-state index < -0.39 is 11.9 Å². The van der Waals surface area contributed by atoms with Gasteiger partial charge in [-0.1, -0.05) is 0 Å². The zero-order chi connectivity index (χ0) is 12.0. The number of carbonyl (C=O) groups is 2. The Labute approximate surface area is 95.3 Å². The molecule has 16 heavy (non-hydrogen) atoms. The number of amides is 2. The molecule has 1 aliphatic heterocycles. The monoisotopic (exact) mass is 228 g/mol. The summed E-state index contributed by atoms with van der Waals surface area (Å²) in [6, 6.07) is -0.728. The second kappa shape index (κ2) is 6.44. The molecule has 0 bridgehead atoms. The van der Waals surface area contributed by atoms with Gasteiger partial charge in [0, 0.05) is 19.6 Å². The third kappa shape index (κ3) is 4.16. The number of primary amides is 1. The fourth-order valence-corrected chi connectivity index (χ4v) is 1.69. The summed E-state index contributed by atoms with van der Waals surface area (Å²) < 4.78 is 0. The minimum Gasteiger partial charge on any atom is -0.368 e. The van der Waals surface area contributed by atoms with Crippen molar-refractivity contribution in [3.05, 3.63) is 0 Å². The number of nitrogens with zero attached hydrogens (tertiary/aromatic N) is 1. The molecule has 5 N–H and O–H groups in total. The van der Waals surface area contributed by atoms with E-state index in [4.69, 9.17) is 11.5 Å². The Hall–Kier alpha value is -1.14. The van der Waals surface area contributed by atoms with Crippen molar-refractivity contribution in [3.8, 4) is 0 Å². The molecule has 2 amide bonds. The van der Waals surface area contributed by atoms with Gasteiger partial charge in [-0.25, -0.2) is 0 Å². The number of hydrogen-bond donors (Lipinski definition) is 3. The molecule has 0 saturated carbocycles. The van der Waals surface area contributed by atoms with Crippen LogP contribution < -0.4 is 16.8 Å². The van der Waals surface area contributed by atoms with Crippen LogP contribution in [0.2, 0.25) is 0 Å². The van der Waals surface area contributed by atoms with Crippen LogP contribution in [0.5, 0.6) is 0 Å². The number of carbonyl (C=O) groups excluding carboxylic acids is 2. The van der Waals surface area contributed by atoms with Crippen LogP contribution in [0.25, 0.3) is 0 Å². The fraction of sp³-hybridized carbons (Fsp3) is 0.800. The maximum Gasteiger partial charge on any atom is 0.236 e. The van der Waals surface area contributed by atoms with Crippen molar-refractivity contribution < 1.29 is 9.59 Å². The Balaban J connectivity index is 2.16. The molecule has 1 fully saturated rings. The van der Waals surface area contributed by atoms with Crippen molar-refractivity contribution >= 4 is 11.8 Å². The van der Waals surface area contributed by atoms with E-state index in [9.17, 15) is 9.59 Å². The lowest BCUT2D eigenvalue weighted by Gasteiger charge is -2.26. The van der Waals surface area contributed by atoms with Gasteiger partial charge in [-0.05, 0) is 19.3 Å². The van der Waals surface area contributed by atoms with Crippen molar-refractivity contribution in [2.45, 2.75) is 25.3 Å². The Bertz CT molecular complexity index is 251. The minimum atomic E-state index is -0.728. The second-order valence-corrected chi connectivity index (χ2v) is 4.08. The first-order valence-corrected chi connectivity index (χ1v) is 5.64. The molecule has 0 radical (unpaired) electrons. The maximum absolute atomic E-state index is 11.7. The zero-order valence-corrected chi connectivity index (χ0v) is 9.45. The van der Waals surface area contributed by atoms with E-state index in [2.05, 4.69) is 5.32 Å². The third-order valence-electron chi connectivity index (χ3n) is 2.71. The number of rotatable bonds is 5. The smallest absolute Gasteiger partial charge is 0.236 e. The SMILES string of the molecule is NC(=O)C(N)CNCC(=O)N1CCCCC1. The number of piperidine rings is 1. The summed E-state index contributed by atoms with van der Waals surface area (Å²) in [5, 5.41) is 2.85. The van der Waals surface area contributed by atoms with Gasteiger partial charge in [-0.2, -0.15) is 0 Å². The molecular formula is C10H20N4O2. The maximum atomic E-state index is 11.7. The Morgan fingerprint density at radius 3 is 2.44 bits per heavy atom. The van der Waals surface area contributed by atoms with E-state index >= 15 is 0 Å². The van der Waals surface area contributed by atoms with Crippen molar-refractivity contribution in [2.75, 3.05) is 26.2 Å². The summed E-state index contributed by atoms with van der Waals surface area (Å²) in [5.41, 5.74) is 10.4. The number of nitrogens with two attached hydrogens (primary N) is 2. The van der Waals surface area contributed by atoms with Gasteiger partial charge in [0.1, 0.15) is 0 Å². The van der Waals surface area contributed by atoms with E-state index in [1.54, 1.807) is 0 Å². The van der Waals surface area contributed by atoms with Gasteiger partial charge in [0.15, 0.2) is 0 Å². The molecule has 1 saturated heterocycles. The van der Waals surface area contributed by atoms with E-state index in [-0.39, 0.29) is 19.0 Å². The van der Waals surface area contributed by atoms with Gasteiger partial charge in [-0.3, -0.25) is 9.59 Å². The Morgan fingerprint density at radius 2 is 1.88 bits per heavy atom. The van der Waals surface area contributed by atoms with E-state index in [0.717, 1.165) is 25.9 Å². The first-order chi connectivity index (χ1) is 7.61. The molecule has 0 spiro atoms. The number of nitrogens with one attached hydrogen (secondary N) is 1. The summed E-state index contributed by atoms with van der Waals surface area (Å²) in [6.45, 7) is 2.14. The van der Waals surface area contributed by atoms with Gasteiger partial charge in [0.25, 0.3) is 0 Å². The van der Waals surface area contributed by atoms with E-state index in [0.29, 0.717) is 0 Å². The lowest BCUT2D eigenvalue weighted by molar-refractivity contribution is -0.131. The lowest BCUT2D eigenvalue weighted by atomic mass is 10.1. The molecule has 1 rings (SSSR count). The fourth-order valence-electron chi connectivity index (χ4n) is 1.69. The van der Waals surface area contributed by atoms with E-state index in [1.165, 1.54) is 6.42 Å². The molecule has 0 aromatic carbocycles. The molecule has 1 heterocycles. The number of likely N-dealkylation sites (tertiary alicyclic amines) is 1. The molecule has 0 aromatic heterocycles. The first-order valence-electron chi connectivity index (χ1n) is 5.64. The molecule has 92 valence electrons. The van der Waals surface area contributed by atoms with Gasteiger partial charge in [0.05, 0.1) is 12.6 Å². The van der Waals surface area contributed by atoms with Gasteiger partial charge < -0.3 is 21.7 Å². The van der Waals surface area contributed by atoms with Crippen LogP contribution >= 0.6 is 0 Å². The standard InChI is InChI=1S/C10H20N4O2/c11-8(10(12)16)6-13-7-9(15)14-4-2-1-3-5-14/h8,13H,1-7,11H2,(H2,12,16). The lowest BCUT2D eigenvalue weighted by Crippen LogP contribution is -2.47. The summed E-state index contributed by atoms with van der Waals surface area (Å²) in [7, 11) is 0. The average molecular weight is 228 g/mol. The van der Waals surface area contributed by atoms with Crippen molar-refractivity contribution in [2.24, 2.45) is 11.5 Å². The molecule has 1 atom stereocenters. The molecule has 6 heteroatoms. The largest absolute Gasteiger partial charge is 0.368 e. The van der Waals surface area contributed by atoms with Crippen LogP contribution in [0.4, 0.5) is 0 Å². The van der Waals surface area contributed by atoms with Crippen LogP contribution in [0.15, 0.2) is 0 Å². The van der Waals surface area contributed by atoms with Gasteiger partial charge >= 0.3 is 0 Å². The van der Waals surface area contributed by atoms with Crippen LogP contribution in [-0.4, -0.2) is 48.9 Å². The summed E-state index contributed by atoms with van der Waals surface area (Å²) in [4.78, 5) is 24.1. The highest BCUT2D eigenvalue weighted by Gasteiger charge is 2.16. The zero-order valence-electron chi connectivity index (χ0n) is 9.45. The van der Waals surface area contributed by atoms with Crippen molar-refractivity contribution in [1.29, 1.82) is 0 Å². The van der Waals surface area contributed by atoms with Crippen molar-refractivity contribution in [3.63, 3.8) is 0 Å². The summed E-state index contributed by atoms with van der Waals surface area (Å²) in [6.07, 6.45) is 3.35. The summed E-state index contributed by atoms with van der Waals surface area (Å²) in [5.74, 6) is -0.491. The van der Waals surface area contributed by atoms with Crippen LogP contribution in [0.1, 0.15) is 19.3 Å². The minimum absolute atomic E-state index is 0.0661. The molecule has 1 unspecified atom stereocenters. The highest BCUT2D eigenvalue weighted by atomic mass is 16.2. The summed E-state index contributed by atoms with van der Waals surface area (Å²) >= 11 is 0. The predicted molar refractivity (Wildman–Crippen MR) is 60.5 cm³/mol. The molecule has 1 aliphatic rings. The highest BCUT2D eigenvalue weighted by Crippen LogP contribution is 2.07. The Morgan fingerprint density at radius 1 is 1.25 bits per heavy atom. The van der Waals surface area contributed by atoms with E-state index in [1.807, 2.05) is 4.90 Å². The topological polar surface area (TPSA) is 101 Å². The molecule has 0 aromatic rings. The Kier molecular flexibility index (Phi) is 5.21. The molecule has 0 aliphatic carbocycles. The quantitative estimate of drug-likeness (QED) is 0.527. The van der Waals surface area contributed by atoms with Crippen LogP contribution in [0.3, 0.4) is 0 Å². The average Bonchev–Trinajstić information content (AvgIpc) is 2.29. The van der Waals surface area contributed by atoms with Crippen molar-refractivity contribution in [1.82, 2.24) is 10.2 Å². The molecule has 6 nitrogen and oxygen atoms in total. The normalized spacial score (nSPS) is 18.2. The predicted octanol–water partition coefficient (Wildman–Crippen LogP) is -1.60. The van der Waals surface area contributed by atoms with Crippen LogP contribution in [0, 0.1) is 0 Å².